The molecule has 0 atom stereocenters. The highest BCUT2D eigenvalue weighted by Crippen LogP contribution is 2.39. The molecule has 0 unspecified atom stereocenters. The molecule has 0 aromatic heterocycles. The van der Waals surface area contributed by atoms with Crippen molar-refractivity contribution in [1.82, 2.24) is 4.90 Å². The largest absolute Gasteiger partial charge is 0.381 e. The zero-order valence-electron chi connectivity index (χ0n) is 19.6. The molecule has 2 rings (SSSR count). The Morgan fingerprint density at radius 2 is 1.75 bits per heavy atom. The first-order valence-corrected chi connectivity index (χ1v) is 11.5. The number of rotatable bonds is 9. The summed E-state index contributed by atoms with van der Waals surface area (Å²) in [5, 5.41) is 0. The Bertz CT molecular complexity index is 567. The van der Waals surface area contributed by atoms with E-state index >= 15 is 0 Å². The molecule has 2 nitrogen and oxygen atoms in total. The maximum absolute atomic E-state index is 5.28. The second kappa shape index (κ2) is 13.8. The molecule has 0 bridgehead atoms. The topological polar surface area (TPSA) is 12.5 Å². The Hall–Kier alpha value is -1.28. The van der Waals surface area contributed by atoms with Crippen molar-refractivity contribution in [1.29, 1.82) is 0 Å². The van der Waals surface area contributed by atoms with Crippen molar-refractivity contribution < 1.29 is 4.74 Å². The quantitative estimate of drug-likeness (QED) is 0.378. The minimum atomic E-state index is 0.934. The van der Waals surface area contributed by atoms with Gasteiger partial charge in [0.15, 0.2) is 0 Å². The third-order valence-electron chi connectivity index (χ3n) is 5.68. The lowest BCUT2D eigenvalue weighted by Gasteiger charge is -2.24. The van der Waals surface area contributed by atoms with Crippen molar-refractivity contribution in [3.8, 4) is 0 Å². The van der Waals surface area contributed by atoms with Crippen molar-refractivity contribution in [2.45, 2.75) is 92.4 Å². The molecule has 160 valence electrons. The number of hydrogen-bond donors (Lipinski definition) is 0. The van der Waals surface area contributed by atoms with E-state index in [1.54, 1.807) is 5.57 Å². The number of likely N-dealkylation sites (tertiary alicyclic amines) is 1. The average molecular weight is 388 g/mol. The summed E-state index contributed by atoms with van der Waals surface area (Å²) in [4.78, 5) is 2.38. The van der Waals surface area contributed by atoms with E-state index in [1.165, 1.54) is 79.4 Å². The molecule has 28 heavy (non-hydrogen) atoms. The first-order chi connectivity index (χ1) is 13.5. The van der Waals surface area contributed by atoms with Crippen LogP contribution in [0.5, 0.6) is 0 Å². The molecule has 0 N–H and O–H groups in total. The Morgan fingerprint density at radius 3 is 2.29 bits per heavy atom. The van der Waals surface area contributed by atoms with Crippen LogP contribution in [0.25, 0.3) is 0 Å². The SMILES string of the molecule is C=C1C(=C2CCC2)N(C)C/C1=C/C(C)=C(/C)CCC.CCCCCOCCC. The van der Waals surface area contributed by atoms with E-state index in [4.69, 9.17) is 4.74 Å². The molecule has 1 aliphatic carbocycles. The summed E-state index contributed by atoms with van der Waals surface area (Å²) in [6.07, 6.45) is 13.7. The Kier molecular flexibility index (Phi) is 12.2. The van der Waals surface area contributed by atoms with Gasteiger partial charge in [0, 0.05) is 32.5 Å². The van der Waals surface area contributed by atoms with E-state index in [0.29, 0.717) is 0 Å². The Balaban J connectivity index is 0.000000370. The van der Waals surface area contributed by atoms with Crippen LogP contribution < -0.4 is 0 Å². The highest BCUT2D eigenvalue weighted by molar-refractivity contribution is 5.55. The number of unbranched alkanes of at least 4 members (excludes halogenated alkanes) is 2. The average Bonchev–Trinajstić information content (AvgIpc) is 2.89. The summed E-state index contributed by atoms with van der Waals surface area (Å²) in [6.45, 7) is 18.3. The molecule has 2 heteroatoms. The van der Waals surface area contributed by atoms with Crippen molar-refractivity contribution in [3.63, 3.8) is 0 Å². The van der Waals surface area contributed by atoms with Crippen LogP contribution in [-0.2, 0) is 4.74 Å². The van der Waals surface area contributed by atoms with E-state index in [1.807, 2.05) is 0 Å². The van der Waals surface area contributed by atoms with Gasteiger partial charge in [0.1, 0.15) is 0 Å². The minimum absolute atomic E-state index is 0.934. The minimum Gasteiger partial charge on any atom is -0.381 e. The number of ether oxygens (including phenoxy) is 1. The number of nitrogens with zero attached hydrogens (tertiary/aromatic N) is 1. The fraction of sp³-hybridized carbons (Fsp3) is 0.692. The van der Waals surface area contributed by atoms with Gasteiger partial charge in [-0.25, -0.2) is 0 Å². The number of likely N-dealkylation sites (N-methyl/N-ethyl adjacent to an activating group) is 1. The molecule has 0 radical (unpaired) electrons. The van der Waals surface area contributed by atoms with Gasteiger partial charge in [-0.05, 0) is 69.1 Å². The molecule has 1 aliphatic heterocycles. The summed E-state index contributed by atoms with van der Waals surface area (Å²) < 4.78 is 5.28. The molecule has 0 amide bonds. The predicted octanol–water partition coefficient (Wildman–Crippen LogP) is 7.59. The Morgan fingerprint density at radius 1 is 1.04 bits per heavy atom. The van der Waals surface area contributed by atoms with E-state index in [9.17, 15) is 0 Å². The van der Waals surface area contributed by atoms with Gasteiger partial charge in [0.25, 0.3) is 0 Å². The lowest BCUT2D eigenvalue weighted by molar-refractivity contribution is 0.131. The summed E-state index contributed by atoms with van der Waals surface area (Å²) in [5.74, 6) is 0. The van der Waals surface area contributed by atoms with Crippen LogP contribution in [0.3, 0.4) is 0 Å². The number of allylic oxidation sites excluding steroid dienone is 5. The monoisotopic (exact) mass is 387 g/mol. The molecule has 0 aromatic rings. The highest BCUT2D eigenvalue weighted by atomic mass is 16.5. The zero-order valence-corrected chi connectivity index (χ0v) is 19.6. The standard InChI is InChI=1S/C18H27N.C8H18O/c1-6-8-13(2)14(3)11-17-12-19(5)18(15(17)4)16-9-7-10-16;1-3-5-6-8-9-7-4-2/h11H,4,6-10,12H2,1-3,5H3;3-8H2,1-2H3/b14-13-,17-11-;. The van der Waals surface area contributed by atoms with Crippen LogP contribution >= 0.6 is 0 Å². The maximum Gasteiger partial charge on any atom is 0.0466 e. The molecule has 0 aromatic carbocycles. The molecule has 1 heterocycles. The van der Waals surface area contributed by atoms with E-state index in [2.05, 4.69) is 59.2 Å². The first-order valence-electron chi connectivity index (χ1n) is 11.5. The van der Waals surface area contributed by atoms with Gasteiger partial charge in [0.05, 0.1) is 0 Å². The van der Waals surface area contributed by atoms with Gasteiger partial charge in [-0.1, -0.05) is 63.8 Å². The molecule has 2 fully saturated rings. The van der Waals surface area contributed by atoms with Gasteiger partial charge < -0.3 is 9.64 Å². The summed E-state index contributed by atoms with van der Waals surface area (Å²) in [6, 6.07) is 0. The third kappa shape index (κ3) is 7.99. The normalized spacial score (nSPS) is 18.9. The fourth-order valence-corrected chi connectivity index (χ4v) is 3.68. The van der Waals surface area contributed by atoms with Gasteiger partial charge in [-0.15, -0.1) is 0 Å². The smallest absolute Gasteiger partial charge is 0.0466 e. The van der Waals surface area contributed by atoms with E-state index in [0.717, 1.165) is 26.2 Å². The molecular weight excluding hydrogens is 342 g/mol. The lowest BCUT2D eigenvalue weighted by atomic mass is 9.88. The van der Waals surface area contributed by atoms with E-state index in [-0.39, 0.29) is 0 Å². The van der Waals surface area contributed by atoms with Crippen LogP contribution in [0.1, 0.15) is 92.4 Å². The van der Waals surface area contributed by atoms with Gasteiger partial charge >= 0.3 is 0 Å². The zero-order chi connectivity index (χ0) is 20.9. The van der Waals surface area contributed by atoms with Crippen molar-refractivity contribution in [2.75, 3.05) is 26.8 Å². The molecular formula is C26H45NO. The second-order valence-corrected chi connectivity index (χ2v) is 8.34. The third-order valence-corrected chi connectivity index (χ3v) is 5.68. The lowest BCUT2D eigenvalue weighted by Crippen LogP contribution is -2.15. The van der Waals surface area contributed by atoms with Crippen LogP contribution in [-0.4, -0.2) is 31.7 Å². The van der Waals surface area contributed by atoms with Crippen LogP contribution in [0.15, 0.2) is 46.2 Å². The summed E-state index contributed by atoms with van der Waals surface area (Å²) in [5.41, 5.74) is 8.65. The van der Waals surface area contributed by atoms with Crippen LogP contribution in [0.4, 0.5) is 0 Å². The molecule has 2 aliphatic rings. The van der Waals surface area contributed by atoms with Crippen molar-refractivity contribution >= 4 is 0 Å². The molecule has 0 spiro atoms. The van der Waals surface area contributed by atoms with Crippen molar-refractivity contribution in [3.05, 3.63) is 46.2 Å². The molecule has 1 saturated heterocycles. The Labute approximate surface area is 175 Å². The predicted molar refractivity (Wildman–Crippen MR) is 125 cm³/mol. The van der Waals surface area contributed by atoms with Crippen LogP contribution in [0.2, 0.25) is 0 Å². The van der Waals surface area contributed by atoms with Crippen molar-refractivity contribution in [2.24, 2.45) is 0 Å². The first kappa shape index (κ1) is 24.8. The number of hydrogen-bond acceptors (Lipinski definition) is 2. The fourth-order valence-electron chi connectivity index (χ4n) is 3.68. The van der Waals surface area contributed by atoms with Gasteiger partial charge in [-0.3, -0.25) is 0 Å². The molecule has 1 saturated carbocycles. The van der Waals surface area contributed by atoms with E-state index < -0.39 is 0 Å². The van der Waals surface area contributed by atoms with Gasteiger partial charge in [0.2, 0.25) is 0 Å². The van der Waals surface area contributed by atoms with Gasteiger partial charge in [-0.2, -0.15) is 0 Å². The second-order valence-electron chi connectivity index (χ2n) is 8.34. The summed E-state index contributed by atoms with van der Waals surface area (Å²) in [7, 11) is 2.20. The maximum atomic E-state index is 5.28. The van der Waals surface area contributed by atoms with Crippen LogP contribution in [0, 0.1) is 0 Å². The highest BCUT2D eigenvalue weighted by Gasteiger charge is 2.27. The summed E-state index contributed by atoms with van der Waals surface area (Å²) >= 11 is 0.